The van der Waals surface area contributed by atoms with Crippen LogP contribution >= 0.6 is 0 Å². The molecule has 0 aliphatic heterocycles. The van der Waals surface area contributed by atoms with E-state index in [0.29, 0.717) is 11.8 Å². The first-order valence-electron chi connectivity index (χ1n) is 10.00. The molecule has 2 heterocycles. The molecule has 1 saturated carbocycles. The molecular weight excluding hydrogens is 362 g/mol. The first-order chi connectivity index (χ1) is 14.1. The van der Waals surface area contributed by atoms with Gasteiger partial charge in [0.1, 0.15) is 5.75 Å². The van der Waals surface area contributed by atoms with Crippen molar-refractivity contribution in [3.8, 4) is 22.8 Å². The lowest BCUT2D eigenvalue weighted by atomic mass is 10.0. The van der Waals surface area contributed by atoms with Gasteiger partial charge in [0.25, 0.3) is 0 Å². The summed E-state index contributed by atoms with van der Waals surface area (Å²) in [7, 11) is 1.85. The van der Waals surface area contributed by atoms with Crippen LogP contribution in [0.25, 0.3) is 22.2 Å². The van der Waals surface area contributed by atoms with Gasteiger partial charge >= 0.3 is 5.69 Å². The number of aromatic nitrogens is 3. The Hall–Kier alpha value is -3.34. The second-order valence-corrected chi connectivity index (χ2v) is 7.85. The molecular formula is C24H23N3O2. The zero-order chi connectivity index (χ0) is 20.0. The van der Waals surface area contributed by atoms with Crippen LogP contribution in [0.2, 0.25) is 0 Å². The first-order valence-corrected chi connectivity index (χ1v) is 10.00. The van der Waals surface area contributed by atoms with Gasteiger partial charge in [0.05, 0.1) is 11.0 Å². The highest BCUT2D eigenvalue weighted by molar-refractivity contribution is 5.83. The third-order valence-corrected chi connectivity index (χ3v) is 5.54. The molecule has 0 bridgehead atoms. The average molecular weight is 385 g/mol. The number of aryl methyl sites for hydroxylation is 2. The number of hydrogen-bond donors (Lipinski definition) is 0. The van der Waals surface area contributed by atoms with Gasteiger partial charge in [0, 0.05) is 25.4 Å². The highest BCUT2D eigenvalue weighted by Crippen LogP contribution is 2.32. The summed E-state index contributed by atoms with van der Waals surface area (Å²) in [6, 6.07) is 19.9. The number of ether oxygens (including phenoxy) is 1. The summed E-state index contributed by atoms with van der Waals surface area (Å²) in [6.07, 6.45) is 2.45. The third-order valence-electron chi connectivity index (χ3n) is 5.54. The molecule has 29 heavy (non-hydrogen) atoms. The minimum atomic E-state index is 0.0617. The minimum Gasteiger partial charge on any atom is -0.439 e. The van der Waals surface area contributed by atoms with Crippen LogP contribution < -0.4 is 10.4 Å². The lowest BCUT2D eigenvalue weighted by Crippen LogP contribution is -2.22. The summed E-state index contributed by atoms with van der Waals surface area (Å²) in [5.74, 6) is 1.97. The third kappa shape index (κ3) is 3.44. The lowest BCUT2D eigenvalue weighted by Gasteiger charge is -2.08. The number of benzene rings is 2. The molecule has 2 aromatic heterocycles. The van der Waals surface area contributed by atoms with E-state index in [1.165, 1.54) is 12.8 Å². The summed E-state index contributed by atoms with van der Waals surface area (Å²) in [6.45, 7) is 2.76. The standard InChI is InChI=1S/C24H23N3O2/c1-16-5-3-8-23(25-16)29-20-7-4-6-18(13-20)19-11-12-21-22(14-19)26(2)24(28)27(21)15-17-9-10-17/h3-8,11-14,17H,9-10,15H2,1-2H3. The largest absolute Gasteiger partial charge is 0.439 e. The Bertz CT molecular complexity index is 1260. The second kappa shape index (κ2) is 6.92. The number of nitrogens with zero attached hydrogens (tertiary/aromatic N) is 3. The van der Waals surface area contributed by atoms with Gasteiger partial charge in [-0.25, -0.2) is 9.78 Å². The predicted molar refractivity (Wildman–Crippen MR) is 114 cm³/mol. The van der Waals surface area contributed by atoms with Crippen LogP contribution in [0.4, 0.5) is 0 Å². The Morgan fingerprint density at radius 3 is 2.59 bits per heavy atom. The first kappa shape index (κ1) is 17.7. The molecule has 4 aromatic rings. The van der Waals surface area contributed by atoms with Gasteiger partial charge in [-0.15, -0.1) is 0 Å². The van der Waals surface area contributed by atoms with Gasteiger partial charge in [-0.1, -0.05) is 24.3 Å². The number of rotatable bonds is 5. The van der Waals surface area contributed by atoms with Crippen molar-refractivity contribution in [2.24, 2.45) is 13.0 Å². The number of pyridine rings is 1. The Morgan fingerprint density at radius 2 is 1.79 bits per heavy atom. The molecule has 0 atom stereocenters. The number of hydrogen-bond acceptors (Lipinski definition) is 3. The molecule has 5 rings (SSSR count). The molecule has 0 amide bonds. The maximum Gasteiger partial charge on any atom is 0.328 e. The zero-order valence-corrected chi connectivity index (χ0v) is 16.6. The summed E-state index contributed by atoms with van der Waals surface area (Å²) < 4.78 is 9.60. The highest BCUT2D eigenvalue weighted by atomic mass is 16.5. The summed E-state index contributed by atoms with van der Waals surface area (Å²) in [5.41, 5.74) is 5.04. The van der Waals surface area contributed by atoms with E-state index in [0.717, 1.165) is 40.1 Å². The van der Waals surface area contributed by atoms with Crippen molar-refractivity contribution in [3.05, 3.63) is 76.8 Å². The smallest absolute Gasteiger partial charge is 0.328 e. The van der Waals surface area contributed by atoms with Crippen molar-refractivity contribution in [2.45, 2.75) is 26.3 Å². The van der Waals surface area contributed by atoms with Crippen molar-refractivity contribution in [3.63, 3.8) is 0 Å². The summed E-state index contributed by atoms with van der Waals surface area (Å²) in [5, 5.41) is 0. The van der Waals surface area contributed by atoms with E-state index in [9.17, 15) is 4.79 Å². The van der Waals surface area contributed by atoms with Crippen LogP contribution in [0.3, 0.4) is 0 Å². The Morgan fingerprint density at radius 1 is 1.00 bits per heavy atom. The van der Waals surface area contributed by atoms with Crippen LogP contribution in [0.1, 0.15) is 18.5 Å². The number of imidazole rings is 1. The van der Waals surface area contributed by atoms with Crippen LogP contribution in [0.15, 0.2) is 65.5 Å². The molecule has 2 aromatic carbocycles. The predicted octanol–water partition coefficient (Wildman–Crippen LogP) is 4.91. The van der Waals surface area contributed by atoms with Crippen molar-refractivity contribution in [1.29, 1.82) is 0 Å². The SMILES string of the molecule is Cc1cccc(Oc2cccc(-c3ccc4c(c3)n(C)c(=O)n4CC3CC3)c2)n1. The van der Waals surface area contributed by atoms with E-state index in [4.69, 9.17) is 4.74 Å². The van der Waals surface area contributed by atoms with Crippen molar-refractivity contribution in [2.75, 3.05) is 0 Å². The van der Waals surface area contributed by atoms with Gasteiger partial charge in [-0.2, -0.15) is 0 Å². The molecule has 0 N–H and O–H groups in total. The molecule has 1 aliphatic carbocycles. The van der Waals surface area contributed by atoms with E-state index in [1.807, 2.05) is 54.9 Å². The van der Waals surface area contributed by atoms with Crippen LogP contribution in [-0.2, 0) is 13.6 Å². The van der Waals surface area contributed by atoms with Gasteiger partial charge in [-0.3, -0.25) is 9.13 Å². The second-order valence-electron chi connectivity index (χ2n) is 7.85. The molecule has 0 spiro atoms. The molecule has 146 valence electrons. The molecule has 0 unspecified atom stereocenters. The fourth-order valence-corrected chi connectivity index (χ4v) is 3.76. The lowest BCUT2D eigenvalue weighted by molar-refractivity contribution is 0.462. The van der Waals surface area contributed by atoms with Crippen molar-refractivity contribution in [1.82, 2.24) is 14.1 Å². The Balaban J connectivity index is 1.50. The normalized spacial score (nSPS) is 13.7. The van der Waals surface area contributed by atoms with Crippen molar-refractivity contribution < 1.29 is 4.74 Å². The highest BCUT2D eigenvalue weighted by Gasteiger charge is 2.24. The monoisotopic (exact) mass is 385 g/mol. The van der Waals surface area contributed by atoms with E-state index >= 15 is 0 Å². The molecule has 1 fully saturated rings. The van der Waals surface area contributed by atoms with Crippen LogP contribution in [0.5, 0.6) is 11.6 Å². The molecule has 0 radical (unpaired) electrons. The maximum atomic E-state index is 12.7. The van der Waals surface area contributed by atoms with Gasteiger partial charge in [-0.05, 0) is 67.1 Å². The summed E-state index contributed by atoms with van der Waals surface area (Å²) in [4.78, 5) is 17.1. The Kier molecular flexibility index (Phi) is 4.23. The van der Waals surface area contributed by atoms with Crippen molar-refractivity contribution >= 4 is 11.0 Å². The van der Waals surface area contributed by atoms with E-state index in [2.05, 4.69) is 29.2 Å². The topological polar surface area (TPSA) is 49.0 Å². The van der Waals surface area contributed by atoms with Crippen LogP contribution in [0, 0.1) is 12.8 Å². The average Bonchev–Trinajstić information content (AvgIpc) is 3.51. The van der Waals surface area contributed by atoms with E-state index < -0.39 is 0 Å². The van der Waals surface area contributed by atoms with Gasteiger partial charge in [0.2, 0.25) is 5.88 Å². The molecule has 0 saturated heterocycles. The maximum absolute atomic E-state index is 12.7. The van der Waals surface area contributed by atoms with Crippen LogP contribution in [-0.4, -0.2) is 14.1 Å². The fourth-order valence-electron chi connectivity index (χ4n) is 3.76. The molecule has 1 aliphatic rings. The minimum absolute atomic E-state index is 0.0617. The van der Waals surface area contributed by atoms with E-state index in [1.54, 1.807) is 4.57 Å². The number of fused-ring (bicyclic) bond motifs is 1. The van der Waals surface area contributed by atoms with Gasteiger partial charge < -0.3 is 4.74 Å². The fraction of sp³-hybridized carbons (Fsp3) is 0.250. The molecule has 5 nitrogen and oxygen atoms in total. The summed E-state index contributed by atoms with van der Waals surface area (Å²) >= 11 is 0. The van der Waals surface area contributed by atoms with E-state index in [-0.39, 0.29) is 5.69 Å². The Labute approximate surface area is 169 Å². The quantitative estimate of drug-likeness (QED) is 0.490. The molecule has 5 heteroatoms. The van der Waals surface area contributed by atoms with Gasteiger partial charge in [0.15, 0.2) is 0 Å². The zero-order valence-electron chi connectivity index (χ0n) is 16.6.